The Bertz CT molecular complexity index is 461. The number of amides is 2. The van der Waals surface area contributed by atoms with Crippen LogP contribution in [0.15, 0.2) is 0 Å². The fourth-order valence-corrected chi connectivity index (χ4v) is 2.57. The average molecular weight is 343 g/mol. The molecule has 0 bridgehead atoms. The lowest BCUT2D eigenvalue weighted by atomic mass is 10.1. The minimum absolute atomic E-state index is 0.250. The summed E-state index contributed by atoms with van der Waals surface area (Å²) in [7, 11) is 1.31. The van der Waals surface area contributed by atoms with Crippen LogP contribution in [-0.2, 0) is 19.1 Å². The molecule has 1 aliphatic heterocycles. The molecular weight excluding hydrogens is 314 g/mol. The number of ether oxygens (including phenoxy) is 2. The minimum atomic E-state index is -0.698. The van der Waals surface area contributed by atoms with Gasteiger partial charge in [-0.05, 0) is 46.5 Å². The molecule has 0 spiro atoms. The van der Waals surface area contributed by atoms with Crippen LogP contribution in [0.5, 0.6) is 0 Å². The van der Waals surface area contributed by atoms with E-state index in [9.17, 15) is 14.4 Å². The molecule has 1 rings (SSSR count). The third-order valence-electron chi connectivity index (χ3n) is 3.69. The van der Waals surface area contributed by atoms with E-state index in [2.05, 4.69) is 5.32 Å². The smallest absolute Gasteiger partial charge is 0.407 e. The Morgan fingerprint density at radius 3 is 2.58 bits per heavy atom. The van der Waals surface area contributed by atoms with E-state index < -0.39 is 29.7 Å². The van der Waals surface area contributed by atoms with Crippen LogP contribution in [0.1, 0.15) is 46.5 Å². The van der Waals surface area contributed by atoms with Crippen molar-refractivity contribution in [2.45, 2.75) is 64.1 Å². The van der Waals surface area contributed by atoms with E-state index in [0.29, 0.717) is 32.4 Å². The number of esters is 1. The molecule has 0 aromatic carbocycles. The van der Waals surface area contributed by atoms with Crippen molar-refractivity contribution in [1.29, 1.82) is 0 Å². The average Bonchev–Trinajstić information content (AvgIpc) is 2.97. The summed E-state index contributed by atoms with van der Waals surface area (Å²) in [4.78, 5) is 37.1. The van der Waals surface area contributed by atoms with Gasteiger partial charge in [-0.25, -0.2) is 9.59 Å². The number of nitrogens with one attached hydrogen (secondary N) is 1. The van der Waals surface area contributed by atoms with Crippen LogP contribution in [0, 0.1) is 0 Å². The van der Waals surface area contributed by atoms with Gasteiger partial charge >= 0.3 is 12.1 Å². The number of nitrogens with two attached hydrogens (primary N) is 1. The number of nitrogens with zero attached hydrogens (tertiary/aromatic N) is 1. The van der Waals surface area contributed by atoms with E-state index >= 15 is 0 Å². The molecular formula is C16H29N3O5. The van der Waals surface area contributed by atoms with Gasteiger partial charge in [0.05, 0.1) is 13.2 Å². The molecule has 1 heterocycles. The van der Waals surface area contributed by atoms with Crippen LogP contribution >= 0.6 is 0 Å². The molecule has 1 saturated heterocycles. The summed E-state index contributed by atoms with van der Waals surface area (Å²) >= 11 is 0. The lowest BCUT2D eigenvalue weighted by molar-refractivity contribution is -0.151. The Morgan fingerprint density at radius 2 is 2.00 bits per heavy atom. The van der Waals surface area contributed by atoms with Crippen molar-refractivity contribution < 1.29 is 23.9 Å². The lowest BCUT2D eigenvalue weighted by Gasteiger charge is -2.25. The first-order valence-electron chi connectivity index (χ1n) is 8.26. The van der Waals surface area contributed by atoms with Gasteiger partial charge in [0.2, 0.25) is 5.91 Å². The van der Waals surface area contributed by atoms with E-state index in [1.807, 2.05) is 0 Å². The van der Waals surface area contributed by atoms with Gasteiger partial charge < -0.3 is 25.4 Å². The molecule has 0 aromatic heterocycles. The second-order valence-electron chi connectivity index (χ2n) is 6.89. The molecule has 1 aliphatic rings. The third-order valence-corrected chi connectivity index (χ3v) is 3.69. The summed E-state index contributed by atoms with van der Waals surface area (Å²) in [6, 6.07) is -1.23. The number of likely N-dealkylation sites (tertiary alicyclic amines) is 1. The van der Waals surface area contributed by atoms with Gasteiger partial charge in [-0.1, -0.05) is 0 Å². The van der Waals surface area contributed by atoms with Crippen molar-refractivity contribution in [2.75, 3.05) is 20.2 Å². The summed E-state index contributed by atoms with van der Waals surface area (Å²) in [6.45, 7) is 6.25. The monoisotopic (exact) mass is 343 g/mol. The first-order valence-corrected chi connectivity index (χ1v) is 8.26. The summed E-state index contributed by atoms with van der Waals surface area (Å²) < 4.78 is 9.84. The topological polar surface area (TPSA) is 111 Å². The lowest BCUT2D eigenvalue weighted by Crippen LogP contribution is -2.49. The molecule has 3 N–H and O–H groups in total. The van der Waals surface area contributed by atoms with Crippen molar-refractivity contribution >= 4 is 18.0 Å². The van der Waals surface area contributed by atoms with E-state index in [4.69, 9.17) is 15.2 Å². The molecule has 0 aliphatic carbocycles. The van der Waals surface area contributed by atoms with Crippen molar-refractivity contribution in [3.63, 3.8) is 0 Å². The minimum Gasteiger partial charge on any atom is -0.467 e. The second-order valence-corrected chi connectivity index (χ2v) is 6.89. The van der Waals surface area contributed by atoms with Crippen LogP contribution in [-0.4, -0.2) is 60.8 Å². The zero-order chi connectivity index (χ0) is 18.3. The number of hydrogen-bond donors (Lipinski definition) is 2. The van der Waals surface area contributed by atoms with Crippen molar-refractivity contribution in [1.82, 2.24) is 10.2 Å². The zero-order valence-electron chi connectivity index (χ0n) is 15.0. The number of carbonyl (C=O) groups excluding carboxylic acids is 3. The quantitative estimate of drug-likeness (QED) is 0.545. The van der Waals surface area contributed by atoms with Gasteiger partial charge in [-0.3, -0.25) is 4.79 Å². The summed E-state index contributed by atoms with van der Waals surface area (Å²) in [5.41, 5.74) is 5.39. The molecule has 138 valence electrons. The Hall–Kier alpha value is -1.83. The predicted molar refractivity (Wildman–Crippen MR) is 88.2 cm³/mol. The Labute approximate surface area is 143 Å². The molecule has 0 saturated carbocycles. The maximum Gasteiger partial charge on any atom is 0.407 e. The Kier molecular flexibility index (Phi) is 7.47. The van der Waals surface area contributed by atoms with Gasteiger partial charge in [-0.2, -0.15) is 0 Å². The maximum absolute atomic E-state index is 12.4. The van der Waals surface area contributed by atoms with Crippen LogP contribution in [0.2, 0.25) is 0 Å². The van der Waals surface area contributed by atoms with Crippen molar-refractivity contribution in [3.8, 4) is 0 Å². The fraction of sp³-hybridized carbons (Fsp3) is 0.812. The molecule has 1 fully saturated rings. The highest BCUT2D eigenvalue weighted by atomic mass is 16.6. The van der Waals surface area contributed by atoms with Crippen LogP contribution in [0.25, 0.3) is 0 Å². The van der Waals surface area contributed by atoms with Crippen LogP contribution in [0.4, 0.5) is 4.79 Å². The maximum atomic E-state index is 12.4. The van der Waals surface area contributed by atoms with E-state index in [1.54, 1.807) is 20.8 Å². The fourth-order valence-electron chi connectivity index (χ4n) is 2.57. The number of carbonyl (C=O) groups is 3. The third kappa shape index (κ3) is 6.35. The highest BCUT2D eigenvalue weighted by molar-refractivity contribution is 5.88. The largest absolute Gasteiger partial charge is 0.467 e. The molecule has 0 aromatic rings. The van der Waals surface area contributed by atoms with Crippen molar-refractivity contribution in [3.05, 3.63) is 0 Å². The summed E-state index contributed by atoms with van der Waals surface area (Å²) in [6.07, 6.45) is 1.83. The number of rotatable bonds is 6. The molecule has 2 amide bonds. The standard InChI is InChI=1S/C16H29N3O5/c1-16(2,3)24-15(22)18-9-5-7-11(17)13(20)19-10-6-8-12(19)14(21)23-4/h11-12H,5-10,17H2,1-4H3,(H,18,22)/t11-,12-/m0/s1. The van der Waals surface area contributed by atoms with E-state index in [0.717, 1.165) is 6.42 Å². The van der Waals surface area contributed by atoms with E-state index in [-0.39, 0.29) is 5.91 Å². The molecule has 24 heavy (non-hydrogen) atoms. The van der Waals surface area contributed by atoms with Crippen LogP contribution < -0.4 is 11.1 Å². The summed E-state index contributed by atoms with van der Waals surface area (Å²) in [5, 5.41) is 2.62. The molecule has 8 nitrogen and oxygen atoms in total. The van der Waals surface area contributed by atoms with Gasteiger partial charge in [-0.15, -0.1) is 0 Å². The SMILES string of the molecule is COC(=O)[C@@H]1CCCN1C(=O)[C@@H](N)CCCNC(=O)OC(C)(C)C. The van der Waals surface area contributed by atoms with Crippen molar-refractivity contribution in [2.24, 2.45) is 5.73 Å². The van der Waals surface area contributed by atoms with Gasteiger partial charge in [0.25, 0.3) is 0 Å². The second kappa shape index (κ2) is 8.86. The Morgan fingerprint density at radius 1 is 1.33 bits per heavy atom. The molecule has 0 radical (unpaired) electrons. The molecule has 8 heteroatoms. The predicted octanol–water partition coefficient (Wildman–Crippen LogP) is 0.783. The van der Waals surface area contributed by atoms with E-state index in [1.165, 1.54) is 12.0 Å². The highest BCUT2D eigenvalue weighted by Gasteiger charge is 2.36. The zero-order valence-corrected chi connectivity index (χ0v) is 15.0. The van der Waals surface area contributed by atoms with Gasteiger partial charge in [0.1, 0.15) is 11.6 Å². The Balaban J connectivity index is 2.34. The van der Waals surface area contributed by atoms with Gasteiger partial charge in [0, 0.05) is 13.1 Å². The number of alkyl carbamates (subject to hydrolysis) is 1. The first kappa shape index (κ1) is 20.2. The molecule has 2 atom stereocenters. The van der Waals surface area contributed by atoms with Gasteiger partial charge in [0.15, 0.2) is 0 Å². The first-order chi connectivity index (χ1) is 11.2. The number of methoxy groups -OCH3 is 1. The van der Waals surface area contributed by atoms with Crippen LogP contribution in [0.3, 0.4) is 0 Å². The summed E-state index contributed by atoms with van der Waals surface area (Å²) in [5.74, 6) is -0.653. The highest BCUT2D eigenvalue weighted by Crippen LogP contribution is 2.19. The molecule has 0 unspecified atom stereocenters. The number of hydrogen-bond acceptors (Lipinski definition) is 6. The normalized spacial score (nSPS) is 18.9.